The third kappa shape index (κ3) is 5.25. The molecule has 1 fully saturated rings. The van der Waals surface area contributed by atoms with E-state index in [9.17, 15) is 9.18 Å². The van der Waals surface area contributed by atoms with Crippen molar-refractivity contribution in [3.8, 4) is 0 Å². The summed E-state index contributed by atoms with van der Waals surface area (Å²) in [7, 11) is 0. The van der Waals surface area contributed by atoms with Gasteiger partial charge in [0, 0.05) is 18.3 Å². The molecule has 2 aromatic rings. The van der Waals surface area contributed by atoms with E-state index in [1.165, 1.54) is 31.4 Å². The molecule has 6 heteroatoms. The summed E-state index contributed by atoms with van der Waals surface area (Å²) in [5.74, 6) is 0.0715. The van der Waals surface area contributed by atoms with Crippen LogP contribution in [-0.4, -0.2) is 28.5 Å². The Hall–Kier alpha value is -2.50. The lowest BCUT2D eigenvalue weighted by atomic mass is 9.95. The van der Waals surface area contributed by atoms with E-state index in [2.05, 4.69) is 20.6 Å². The topological polar surface area (TPSA) is 66.9 Å². The summed E-state index contributed by atoms with van der Waals surface area (Å²) in [6.07, 6.45) is 6.40. The molecular formula is C20H25FN4O. The molecule has 0 aliphatic heterocycles. The number of aromatic nitrogens is 2. The van der Waals surface area contributed by atoms with Gasteiger partial charge < -0.3 is 10.6 Å². The molecule has 0 saturated heterocycles. The highest BCUT2D eigenvalue weighted by molar-refractivity contribution is 5.92. The highest BCUT2D eigenvalue weighted by atomic mass is 19.1. The molecule has 1 aromatic carbocycles. The minimum atomic E-state index is -0.239. The Kier molecular flexibility index (Phi) is 6.15. The summed E-state index contributed by atoms with van der Waals surface area (Å²) in [6.45, 7) is 2.46. The van der Waals surface area contributed by atoms with Crippen LogP contribution in [-0.2, 0) is 6.42 Å². The summed E-state index contributed by atoms with van der Waals surface area (Å²) in [5.41, 5.74) is 2.17. The molecule has 1 saturated carbocycles. The van der Waals surface area contributed by atoms with Crippen molar-refractivity contribution in [2.75, 3.05) is 11.9 Å². The van der Waals surface area contributed by atoms with Crippen LogP contribution in [0, 0.1) is 12.7 Å². The monoisotopic (exact) mass is 356 g/mol. The van der Waals surface area contributed by atoms with E-state index in [1.54, 1.807) is 18.2 Å². The van der Waals surface area contributed by atoms with E-state index in [-0.39, 0.29) is 17.8 Å². The first-order valence-corrected chi connectivity index (χ1v) is 9.25. The van der Waals surface area contributed by atoms with Gasteiger partial charge in [-0.3, -0.25) is 4.79 Å². The van der Waals surface area contributed by atoms with Gasteiger partial charge in [-0.15, -0.1) is 0 Å². The fourth-order valence-corrected chi connectivity index (χ4v) is 3.24. The molecule has 0 atom stereocenters. The maximum Gasteiger partial charge on any atom is 0.270 e. The smallest absolute Gasteiger partial charge is 0.270 e. The molecular weight excluding hydrogens is 331 g/mol. The van der Waals surface area contributed by atoms with Crippen LogP contribution < -0.4 is 10.6 Å². The van der Waals surface area contributed by atoms with Crippen LogP contribution in [0.3, 0.4) is 0 Å². The quantitative estimate of drug-likeness (QED) is 0.829. The van der Waals surface area contributed by atoms with E-state index in [0.29, 0.717) is 18.2 Å². The van der Waals surface area contributed by atoms with E-state index in [4.69, 9.17) is 0 Å². The number of aryl methyl sites for hydroxylation is 1. The summed E-state index contributed by atoms with van der Waals surface area (Å²) >= 11 is 0. The average Bonchev–Trinajstić information content (AvgIpc) is 2.64. The lowest BCUT2D eigenvalue weighted by Gasteiger charge is -2.22. The van der Waals surface area contributed by atoms with Crippen LogP contribution in [0.5, 0.6) is 0 Å². The van der Waals surface area contributed by atoms with E-state index in [0.717, 1.165) is 30.5 Å². The number of hydrogen-bond acceptors (Lipinski definition) is 4. The fourth-order valence-electron chi connectivity index (χ4n) is 3.24. The predicted molar refractivity (Wildman–Crippen MR) is 99.7 cm³/mol. The molecule has 26 heavy (non-hydrogen) atoms. The van der Waals surface area contributed by atoms with Gasteiger partial charge in [-0.25, -0.2) is 14.4 Å². The van der Waals surface area contributed by atoms with Gasteiger partial charge in [0.1, 0.15) is 11.5 Å². The number of halogens is 1. The Bertz CT molecular complexity index is 742. The van der Waals surface area contributed by atoms with Crippen molar-refractivity contribution in [3.05, 3.63) is 53.1 Å². The number of hydrogen-bond donors (Lipinski definition) is 2. The zero-order chi connectivity index (χ0) is 18.4. The van der Waals surface area contributed by atoms with Gasteiger partial charge in [-0.1, -0.05) is 31.4 Å². The molecule has 0 radical (unpaired) electrons. The summed E-state index contributed by atoms with van der Waals surface area (Å²) in [6, 6.07) is 8.39. The van der Waals surface area contributed by atoms with E-state index >= 15 is 0 Å². The Labute approximate surface area is 153 Å². The highest BCUT2D eigenvalue weighted by Gasteiger charge is 2.18. The number of nitrogens with one attached hydrogen (secondary N) is 2. The van der Waals surface area contributed by atoms with Gasteiger partial charge in [0.05, 0.1) is 0 Å². The predicted octanol–water partition coefficient (Wildman–Crippen LogP) is 3.64. The number of rotatable bonds is 6. The van der Waals surface area contributed by atoms with Crippen molar-refractivity contribution in [2.24, 2.45) is 0 Å². The molecule has 1 heterocycles. The van der Waals surface area contributed by atoms with Crippen molar-refractivity contribution in [2.45, 2.75) is 51.5 Å². The molecule has 1 aliphatic rings. The minimum absolute atomic E-state index is 0.135. The van der Waals surface area contributed by atoms with Crippen molar-refractivity contribution in [1.29, 1.82) is 0 Å². The van der Waals surface area contributed by atoms with Crippen LogP contribution in [0.4, 0.5) is 10.3 Å². The number of nitrogens with zero attached hydrogens (tertiary/aromatic N) is 2. The second kappa shape index (κ2) is 8.74. The van der Waals surface area contributed by atoms with Crippen molar-refractivity contribution < 1.29 is 9.18 Å². The molecule has 3 rings (SSSR count). The van der Waals surface area contributed by atoms with Crippen molar-refractivity contribution >= 4 is 11.9 Å². The normalized spacial score (nSPS) is 14.8. The summed E-state index contributed by atoms with van der Waals surface area (Å²) < 4.78 is 12.9. The Balaban J connectivity index is 1.57. The standard InChI is InChI=1S/C20H25FN4O/c1-14-13-18(19(26)24-17-5-3-2-4-6-17)25-20(23-14)22-12-11-15-7-9-16(21)10-8-15/h7-10,13,17H,2-6,11-12H2,1H3,(H,24,26)(H,22,23,25). The molecule has 5 nitrogen and oxygen atoms in total. The Morgan fingerprint density at radius 3 is 2.62 bits per heavy atom. The number of carbonyl (C=O) groups is 1. The molecule has 1 aromatic heterocycles. The molecule has 1 aliphatic carbocycles. The zero-order valence-electron chi connectivity index (χ0n) is 15.1. The third-order valence-electron chi connectivity index (χ3n) is 4.64. The van der Waals surface area contributed by atoms with E-state index in [1.807, 2.05) is 6.92 Å². The first-order valence-electron chi connectivity index (χ1n) is 9.25. The SMILES string of the molecule is Cc1cc(C(=O)NC2CCCCC2)nc(NCCc2ccc(F)cc2)n1. The van der Waals surface area contributed by atoms with Gasteiger partial charge in [0.2, 0.25) is 5.95 Å². The van der Waals surface area contributed by atoms with Crippen LogP contribution in [0.25, 0.3) is 0 Å². The van der Waals surface area contributed by atoms with Crippen LogP contribution in [0.1, 0.15) is 53.8 Å². The third-order valence-corrected chi connectivity index (χ3v) is 4.64. The van der Waals surface area contributed by atoms with Gasteiger partial charge in [0.25, 0.3) is 5.91 Å². The molecule has 0 unspecified atom stereocenters. The number of anilines is 1. The van der Waals surface area contributed by atoms with Gasteiger partial charge in [-0.2, -0.15) is 0 Å². The highest BCUT2D eigenvalue weighted by Crippen LogP contribution is 2.18. The maximum atomic E-state index is 12.9. The van der Waals surface area contributed by atoms with Crippen LogP contribution in [0.15, 0.2) is 30.3 Å². The first kappa shape index (κ1) is 18.3. The fraction of sp³-hybridized carbons (Fsp3) is 0.450. The van der Waals surface area contributed by atoms with Gasteiger partial charge >= 0.3 is 0 Å². The van der Waals surface area contributed by atoms with Gasteiger partial charge in [0.15, 0.2) is 0 Å². The lowest BCUT2D eigenvalue weighted by Crippen LogP contribution is -2.36. The lowest BCUT2D eigenvalue weighted by molar-refractivity contribution is 0.0922. The van der Waals surface area contributed by atoms with Crippen LogP contribution in [0.2, 0.25) is 0 Å². The zero-order valence-corrected chi connectivity index (χ0v) is 15.1. The second-order valence-electron chi connectivity index (χ2n) is 6.83. The molecule has 1 amide bonds. The minimum Gasteiger partial charge on any atom is -0.354 e. The first-order chi connectivity index (χ1) is 12.6. The Morgan fingerprint density at radius 2 is 1.88 bits per heavy atom. The maximum absolute atomic E-state index is 12.9. The number of benzene rings is 1. The van der Waals surface area contributed by atoms with Crippen LogP contribution >= 0.6 is 0 Å². The number of carbonyl (C=O) groups excluding carboxylic acids is 1. The summed E-state index contributed by atoms with van der Waals surface area (Å²) in [5, 5.41) is 6.24. The molecule has 2 N–H and O–H groups in total. The van der Waals surface area contributed by atoms with E-state index < -0.39 is 0 Å². The molecule has 0 bridgehead atoms. The average molecular weight is 356 g/mol. The Morgan fingerprint density at radius 1 is 1.15 bits per heavy atom. The number of amides is 1. The molecule has 0 spiro atoms. The summed E-state index contributed by atoms with van der Waals surface area (Å²) in [4.78, 5) is 21.2. The largest absolute Gasteiger partial charge is 0.354 e. The van der Waals surface area contributed by atoms with Crippen molar-refractivity contribution in [3.63, 3.8) is 0 Å². The second-order valence-corrected chi connectivity index (χ2v) is 6.83. The van der Waals surface area contributed by atoms with Gasteiger partial charge in [-0.05, 0) is 49.9 Å². The molecule has 138 valence electrons. The van der Waals surface area contributed by atoms with Crippen molar-refractivity contribution in [1.82, 2.24) is 15.3 Å².